The molecule has 0 amide bonds. The molecule has 3 fully saturated rings. The van der Waals surface area contributed by atoms with Gasteiger partial charge in [0.05, 0.1) is 24.2 Å². The van der Waals surface area contributed by atoms with Crippen molar-refractivity contribution in [3.63, 3.8) is 0 Å². The van der Waals surface area contributed by atoms with E-state index in [1.807, 2.05) is 0 Å². The van der Waals surface area contributed by atoms with Crippen molar-refractivity contribution < 1.29 is 4.74 Å². The highest BCUT2D eigenvalue weighted by Gasteiger charge is 2.51. The van der Waals surface area contributed by atoms with Crippen LogP contribution < -0.4 is 5.32 Å². The summed E-state index contributed by atoms with van der Waals surface area (Å²) in [6.45, 7) is 2.10. The van der Waals surface area contributed by atoms with Crippen LogP contribution in [0.1, 0.15) is 19.3 Å². The lowest BCUT2D eigenvalue weighted by atomic mass is 9.79. The molecule has 3 heteroatoms. The Kier molecular flexibility index (Phi) is 2.00. The van der Waals surface area contributed by atoms with E-state index in [9.17, 15) is 0 Å². The van der Waals surface area contributed by atoms with Crippen LogP contribution in [0.2, 0.25) is 0 Å². The topological polar surface area (TPSA) is 45.0 Å². The summed E-state index contributed by atoms with van der Waals surface area (Å²) in [5, 5.41) is 12.5. The molecule has 0 bridgehead atoms. The van der Waals surface area contributed by atoms with E-state index < -0.39 is 0 Å². The van der Waals surface area contributed by atoms with Crippen LogP contribution in [-0.2, 0) is 4.74 Å². The summed E-state index contributed by atoms with van der Waals surface area (Å²) in [5.41, 5.74) is 0. The Morgan fingerprint density at radius 1 is 1.21 bits per heavy atom. The summed E-state index contributed by atoms with van der Waals surface area (Å²) in [6, 6.07) is 2.47. The maximum atomic E-state index is 9.08. The van der Waals surface area contributed by atoms with Crippen molar-refractivity contribution in [2.45, 2.75) is 31.5 Å². The van der Waals surface area contributed by atoms with Crippen LogP contribution >= 0.6 is 0 Å². The van der Waals surface area contributed by atoms with Gasteiger partial charge in [0, 0.05) is 12.5 Å². The zero-order valence-electron chi connectivity index (χ0n) is 8.28. The van der Waals surface area contributed by atoms with Crippen molar-refractivity contribution >= 4 is 0 Å². The Hall–Kier alpha value is -0.590. The minimum Gasteiger partial charge on any atom is -0.373 e. The fourth-order valence-electron chi connectivity index (χ4n) is 3.54. The van der Waals surface area contributed by atoms with E-state index in [0.717, 1.165) is 25.9 Å². The summed E-state index contributed by atoms with van der Waals surface area (Å²) in [7, 11) is 0. The molecule has 3 nitrogen and oxygen atoms in total. The number of hydrogen-bond donors (Lipinski definition) is 1. The van der Waals surface area contributed by atoms with Gasteiger partial charge in [0.15, 0.2) is 0 Å². The van der Waals surface area contributed by atoms with Gasteiger partial charge < -0.3 is 10.1 Å². The predicted molar refractivity (Wildman–Crippen MR) is 51.5 cm³/mol. The summed E-state index contributed by atoms with van der Waals surface area (Å²) in [5.74, 6) is 1.48. The molecule has 0 aromatic heterocycles. The number of hydrogen-bond acceptors (Lipinski definition) is 3. The van der Waals surface area contributed by atoms with Crippen LogP contribution in [0.15, 0.2) is 0 Å². The molecule has 1 aliphatic carbocycles. The van der Waals surface area contributed by atoms with Gasteiger partial charge in [0.25, 0.3) is 0 Å². The summed E-state index contributed by atoms with van der Waals surface area (Å²) in [4.78, 5) is 0. The van der Waals surface area contributed by atoms with Gasteiger partial charge in [-0.1, -0.05) is 0 Å². The molecule has 3 rings (SSSR count). The number of fused-ring (bicyclic) bond motifs is 3. The summed E-state index contributed by atoms with van der Waals surface area (Å²) >= 11 is 0. The van der Waals surface area contributed by atoms with Crippen molar-refractivity contribution in [2.24, 2.45) is 17.8 Å². The highest BCUT2D eigenvalue weighted by atomic mass is 16.5. The number of nitriles is 1. The molecule has 76 valence electrons. The third-order valence-electron chi connectivity index (χ3n) is 4.14. The lowest BCUT2D eigenvalue weighted by Gasteiger charge is -2.28. The molecule has 5 atom stereocenters. The highest BCUT2D eigenvalue weighted by molar-refractivity contribution is 5.06. The van der Waals surface area contributed by atoms with Crippen LogP contribution in [0.3, 0.4) is 0 Å². The second-order valence-electron chi connectivity index (χ2n) is 4.76. The molecule has 0 aromatic carbocycles. The van der Waals surface area contributed by atoms with Crippen LogP contribution in [0, 0.1) is 29.1 Å². The fraction of sp³-hybridized carbons (Fsp3) is 0.909. The second-order valence-corrected chi connectivity index (χ2v) is 4.76. The third kappa shape index (κ3) is 1.11. The molecule has 0 radical (unpaired) electrons. The van der Waals surface area contributed by atoms with E-state index in [4.69, 9.17) is 10.00 Å². The molecule has 0 spiro atoms. The maximum Gasteiger partial charge on any atom is 0.0735 e. The van der Waals surface area contributed by atoms with E-state index in [-0.39, 0.29) is 5.92 Å². The monoisotopic (exact) mass is 192 g/mol. The van der Waals surface area contributed by atoms with Gasteiger partial charge in [-0.05, 0) is 31.7 Å². The average Bonchev–Trinajstić information content (AvgIpc) is 2.75. The van der Waals surface area contributed by atoms with Gasteiger partial charge in [-0.15, -0.1) is 0 Å². The Balaban J connectivity index is 1.83. The van der Waals surface area contributed by atoms with Crippen molar-refractivity contribution in [3.8, 4) is 6.07 Å². The number of piperidine rings is 1. The number of nitrogens with one attached hydrogen (secondary N) is 1. The molecule has 1 N–H and O–H groups in total. The van der Waals surface area contributed by atoms with Crippen LogP contribution in [0.5, 0.6) is 0 Å². The molecule has 3 aliphatic rings. The zero-order valence-corrected chi connectivity index (χ0v) is 8.28. The number of ether oxygens (including phenoxy) is 1. The van der Waals surface area contributed by atoms with Crippen LogP contribution in [-0.4, -0.2) is 25.3 Å². The second kappa shape index (κ2) is 3.22. The first-order valence-electron chi connectivity index (χ1n) is 5.66. The third-order valence-corrected chi connectivity index (χ3v) is 4.14. The first-order valence-corrected chi connectivity index (χ1v) is 5.66. The number of nitrogens with zero attached hydrogens (tertiary/aromatic N) is 1. The molecule has 2 aliphatic heterocycles. The molecular weight excluding hydrogens is 176 g/mol. The first kappa shape index (κ1) is 8.70. The quantitative estimate of drug-likeness (QED) is 0.620. The van der Waals surface area contributed by atoms with Crippen molar-refractivity contribution in [2.75, 3.05) is 13.1 Å². The Bertz CT molecular complexity index is 273. The first-order chi connectivity index (χ1) is 6.90. The summed E-state index contributed by atoms with van der Waals surface area (Å²) in [6.07, 6.45) is 4.16. The predicted octanol–water partition coefficient (Wildman–Crippen LogP) is 0.913. The van der Waals surface area contributed by atoms with E-state index in [1.165, 1.54) is 6.42 Å². The smallest absolute Gasteiger partial charge is 0.0735 e. The van der Waals surface area contributed by atoms with E-state index in [0.29, 0.717) is 24.0 Å². The van der Waals surface area contributed by atoms with Crippen molar-refractivity contribution in [1.29, 1.82) is 5.26 Å². The standard InChI is InChI=1S/C11H16N2O/c12-5-7-1-2-9-11(7)8-3-4-13-6-10(8)14-9/h7-11,13H,1-4,6H2. The van der Waals surface area contributed by atoms with E-state index in [1.54, 1.807) is 0 Å². The van der Waals surface area contributed by atoms with Gasteiger partial charge in [-0.25, -0.2) is 0 Å². The SMILES string of the molecule is N#CC1CCC2OC3CNCCC3C12. The van der Waals surface area contributed by atoms with Gasteiger partial charge in [-0.2, -0.15) is 5.26 Å². The maximum absolute atomic E-state index is 9.08. The Morgan fingerprint density at radius 3 is 3.00 bits per heavy atom. The highest BCUT2D eigenvalue weighted by Crippen LogP contribution is 2.48. The Morgan fingerprint density at radius 2 is 2.14 bits per heavy atom. The molecule has 2 heterocycles. The van der Waals surface area contributed by atoms with E-state index >= 15 is 0 Å². The largest absolute Gasteiger partial charge is 0.373 e. The summed E-state index contributed by atoms with van der Waals surface area (Å²) < 4.78 is 6.01. The molecule has 2 saturated heterocycles. The van der Waals surface area contributed by atoms with Crippen molar-refractivity contribution in [3.05, 3.63) is 0 Å². The van der Waals surface area contributed by atoms with Crippen molar-refractivity contribution in [1.82, 2.24) is 5.32 Å². The van der Waals surface area contributed by atoms with E-state index in [2.05, 4.69) is 11.4 Å². The van der Waals surface area contributed by atoms with Gasteiger partial charge in [0.1, 0.15) is 0 Å². The average molecular weight is 192 g/mol. The molecule has 14 heavy (non-hydrogen) atoms. The fourth-order valence-corrected chi connectivity index (χ4v) is 3.54. The molecule has 5 unspecified atom stereocenters. The Labute approximate surface area is 84.4 Å². The van der Waals surface area contributed by atoms with Gasteiger partial charge >= 0.3 is 0 Å². The molecule has 1 saturated carbocycles. The molecular formula is C11H16N2O. The zero-order chi connectivity index (χ0) is 9.54. The normalized spacial score (nSPS) is 50.9. The number of rotatable bonds is 0. The molecule has 0 aromatic rings. The van der Waals surface area contributed by atoms with Gasteiger partial charge in [-0.3, -0.25) is 0 Å². The van der Waals surface area contributed by atoms with Crippen LogP contribution in [0.25, 0.3) is 0 Å². The minimum absolute atomic E-state index is 0.271. The minimum atomic E-state index is 0.271. The van der Waals surface area contributed by atoms with Gasteiger partial charge in [0.2, 0.25) is 0 Å². The lowest BCUT2D eigenvalue weighted by molar-refractivity contribution is 0.0252. The lowest BCUT2D eigenvalue weighted by Crippen LogP contribution is -2.40. The van der Waals surface area contributed by atoms with Crippen LogP contribution in [0.4, 0.5) is 0 Å².